The molecule has 0 fully saturated rings. The van der Waals surface area contributed by atoms with Crippen molar-refractivity contribution < 1.29 is 9.59 Å². The fourth-order valence-electron chi connectivity index (χ4n) is 2.48. The van der Waals surface area contributed by atoms with Crippen LogP contribution in [0.1, 0.15) is 18.1 Å². The summed E-state index contributed by atoms with van der Waals surface area (Å²) < 4.78 is 0. The number of anilines is 2. The average Bonchev–Trinajstić information content (AvgIpc) is 2.60. The maximum absolute atomic E-state index is 12.3. The molecule has 2 N–H and O–H groups in total. The molecule has 0 bridgehead atoms. The zero-order valence-electron chi connectivity index (χ0n) is 15.6. The normalized spacial score (nSPS) is 10.7. The maximum Gasteiger partial charge on any atom is 0.238 e. The Morgan fingerprint density at radius 3 is 2.19 bits per heavy atom. The van der Waals surface area contributed by atoms with E-state index in [1.54, 1.807) is 29.2 Å². The maximum atomic E-state index is 12.3. The highest BCUT2D eigenvalue weighted by Gasteiger charge is 2.14. The minimum atomic E-state index is -0.205. The number of halogens is 2. The average molecular weight is 408 g/mol. The highest BCUT2D eigenvalue weighted by atomic mass is 35.5. The fourth-order valence-corrected chi connectivity index (χ4v) is 2.83. The van der Waals surface area contributed by atoms with E-state index in [-0.39, 0.29) is 24.9 Å². The van der Waals surface area contributed by atoms with Crippen LogP contribution < -0.4 is 10.6 Å². The number of nitrogens with zero attached hydrogens (tertiary/aromatic N) is 1. The summed E-state index contributed by atoms with van der Waals surface area (Å²) in [5.74, 6) is -0.406. The van der Waals surface area contributed by atoms with Gasteiger partial charge in [0.1, 0.15) is 0 Å². The van der Waals surface area contributed by atoms with E-state index in [0.29, 0.717) is 28.0 Å². The molecule has 0 saturated heterocycles. The molecule has 0 aliphatic carbocycles. The first-order valence-electron chi connectivity index (χ1n) is 8.63. The van der Waals surface area contributed by atoms with Crippen LogP contribution in [0.15, 0.2) is 36.4 Å². The zero-order valence-corrected chi connectivity index (χ0v) is 17.1. The van der Waals surface area contributed by atoms with Crippen LogP contribution in [0.2, 0.25) is 10.0 Å². The second-order valence-corrected chi connectivity index (χ2v) is 7.17. The van der Waals surface area contributed by atoms with Crippen molar-refractivity contribution in [1.82, 2.24) is 4.90 Å². The zero-order chi connectivity index (χ0) is 20.0. The van der Waals surface area contributed by atoms with E-state index in [1.807, 2.05) is 32.9 Å². The molecule has 27 heavy (non-hydrogen) atoms. The van der Waals surface area contributed by atoms with Crippen LogP contribution in [0.25, 0.3) is 0 Å². The number of rotatable bonds is 7. The standard InChI is InChI=1S/C20H23Cl2N3O2/c1-4-25(11-19(26)23-16-8-6-13(2)17(22)10-16)12-20(27)24-18-9-15(21)7-5-14(18)3/h5-10H,4,11-12H2,1-3H3,(H,23,26)(H,24,27). The predicted molar refractivity (Wildman–Crippen MR) is 112 cm³/mol. The summed E-state index contributed by atoms with van der Waals surface area (Å²) in [6.07, 6.45) is 0. The molecular formula is C20H23Cl2N3O2. The van der Waals surface area contributed by atoms with Crippen LogP contribution in [0.5, 0.6) is 0 Å². The topological polar surface area (TPSA) is 61.4 Å². The summed E-state index contributed by atoms with van der Waals surface area (Å²) in [6, 6.07) is 10.7. The van der Waals surface area contributed by atoms with Crippen LogP contribution in [0, 0.1) is 13.8 Å². The van der Waals surface area contributed by atoms with Crippen molar-refractivity contribution in [3.8, 4) is 0 Å². The van der Waals surface area contributed by atoms with Gasteiger partial charge in [0.15, 0.2) is 0 Å². The van der Waals surface area contributed by atoms with E-state index in [2.05, 4.69) is 10.6 Å². The molecule has 5 nitrogen and oxygen atoms in total. The van der Waals surface area contributed by atoms with E-state index in [4.69, 9.17) is 23.2 Å². The van der Waals surface area contributed by atoms with Gasteiger partial charge >= 0.3 is 0 Å². The van der Waals surface area contributed by atoms with Gasteiger partial charge in [-0.2, -0.15) is 0 Å². The van der Waals surface area contributed by atoms with Crippen molar-refractivity contribution in [2.24, 2.45) is 0 Å². The Hall–Kier alpha value is -2.08. The molecule has 2 aromatic rings. The molecule has 2 amide bonds. The van der Waals surface area contributed by atoms with Gasteiger partial charge in [0.2, 0.25) is 11.8 Å². The van der Waals surface area contributed by atoms with Crippen molar-refractivity contribution >= 4 is 46.4 Å². The third-order valence-electron chi connectivity index (χ3n) is 4.11. The molecule has 0 saturated carbocycles. The molecular weight excluding hydrogens is 385 g/mol. The van der Waals surface area contributed by atoms with E-state index in [1.165, 1.54) is 0 Å². The van der Waals surface area contributed by atoms with Crippen LogP contribution in [-0.2, 0) is 9.59 Å². The van der Waals surface area contributed by atoms with Crippen molar-refractivity contribution in [2.75, 3.05) is 30.3 Å². The molecule has 0 aliphatic heterocycles. The summed E-state index contributed by atoms with van der Waals surface area (Å²) in [5, 5.41) is 6.79. The van der Waals surface area contributed by atoms with E-state index < -0.39 is 0 Å². The van der Waals surface area contributed by atoms with Crippen molar-refractivity contribution in [3.05, 3.63) is 57.6 Å². The summed E-state index contributed by atoms with van der Waals surface area (Å²) in [4.78, 5) is 26.3. The van der Waals surface area contributed by atoms with Gasteiger partial charge in [-0.1, -0.05) is 42.3 Å². The number of benzene rings is 2. The van der Waals surface area contributed by atoms with Crippen LogP contribution in [-0.4, -0.2) is 36.3 Å². The molecule has 0 aromatic heterocycles. The Bertz CT molecular complexity index is 840. The lowest BCUT2D eigenvalue weighted by molar-refractivity contribution is -0.119. The molecule has 7 heteroatoms. The smallest absolute Gasteiger partial charge is 0.238 e. The number of likely N-dealkylation sites (N-methyl/N-ethyl adjacent to an activating group) is 1. The minimum Gasteiger partial charge on any atom is -0.325 e. The molecule has 2 rings (SSSR count). The van der Waals surface area contributed by atoms with E-state index in [9.17, 15) is 9.59 Å². The van der Waals surface area contributed by atoms with Gasteiger partial charge in [-0.25, -0.2) is 0 Å². The monoisotopic (exact) mass is 407 g/mol. The highest BCUT2D eigenvalue weighted by molar-refractivity contribution is 6.31. The lowest BCUT2D eigenvalue weighted by Crippen LogP contribution is -2.38. The first kappa shape index (κ1) is 21.2. The Morgan fingerprint density at radius 1 is 0.926 bits per heavy atom. The number of hydrogen-bond donors (Lipinski definition) is 2. The largest absolute Gasteiger partial charge is 0.325 e. The lowest BCUT2D eigenvalue weighted by atomic mass is 10.2. The van der Waals surface area contributed by atoms with Crippen molar-refractivity contribution in [1.29, 1.82) is 0 Å². The van der Waals surface area contributed by atoms with E-state index >= 15 is 0 Å². The van der Waals surface area contributed by atoms with Gasteiger partial charge in [0.25, 0.3) is 0 Å². The summed E-state index contributed by atoms with van der Waals surface area (Å²) >= 11 is 12.1. The molecule has 0 spiro atoms. The van der Waals surface area contributed by atoms with Crippen molar-refractivity contribution in [2.45, 2.75) is 20.8 Å². The minimum absolute atomic E-state index is 0.101. The van der Waals surface area contributed by atoms with Gasteiger partial charge in [0.05, 0.1) is 13.1 Å². The summed E-state index contributed by atoms with van der Waals surface area (Å²) in [7, 11) is 0. The number of aryl methyl sites for hydroxylation is 2. The third-order valence-corrected chi connectivity index (χ3v) is 4.75. The van der Waals surface area contributed by atoms with Gasteiger partial charge in [-0.05, 0) is 55.8 Å². The molecule has 0 radical (unpaired) electrons. The summed E-state index contributed by atoms with van der Waals surface area (Å²) in [6.45, 7) is 6.45. The summed E-state index contributed by atoms with van der Waals surface area (Å²) in [5.41, 5.74) is 3.16. The number of nitrogens with one attached hydrogen (secondary N) is 2. The number of carbonyl (C=O) groups is 2. The second-order valence-electron chi connectivity index (χ2n) is 6.32. The van der Waals surface area contributed by atoms with Gasteiger partial charge in [-0.3, -0.25) is 14.5 Å². The molecule has 144 valence electrons. The molecule has 0 heterocycles. The van der Waals surface area contributed by atoms with Crippen LogP contribution >= 0.6 is 23.2 Å². The molecule has 0 unspecified atom stereocenters. The predicted octanol–water partition coefficient (Wildman–Crippen LogP) is 4.51. The van der Waals surface area contributed by atoms with E-state index in [0.717, 1.165) is 11.1 Å². The number of carbonyl (C=O) groups excluding carboxylic acids is 2. The van der Waals surface area contributed by atoms with Gasteiger partial charge < -0.3 is 10.6 Å². The number of amides is 2. The highest BCUT2D eigenvalue weighted by Crippen LogP contribution is 2.21. The van der Waals surface area contributed by atoms with Crippen LogP contribution in [0.3, 0.4) is 0 Å². The Morgan fingerprint density at radius 2 is 1.56 bits per heavy atom. The Balaban J connectivity index is 1.91. The number of hydrogen-bond acceptors (Lipinski definition) is 3. The first-order valence-corrected chi connectivity index (χ1v) is 9.38. The fraction of sp³-hybridized carbons (Fsp3) is 0.300. The Labute approximate surface area is 169 Å². The Kier molecular flexibility index (Phi) is 7.66. The molecule has 0 aliphatic rings. The van der Waals surface area contributed by atoms with Gasteiger partial charge in [-0.15, -0.1) is 0 Å². The van der Waals surface area contributed by atoms with Crippen LogP contribution in [0.4, 0.5) is 11.4 Å². The third kappa shape index (κ3) is 6.54. The second kappa shape index (κ2) is 9.74. The molecule has 0 atom stereocenters. The quantitative estimate of drug-likeness (QED) is 0.709. The SMILES string of the molecule is CCN(CC(=O)Nc1ccc(C)c(Cl)c1)CC(=O)Nc1cc(Cl)ccc1C. The van der Waals surface area contributed by atoms with Crippen molar-refractivity contribution in [3.63, 3.8) is 0 Å². The van der Waals surface area contributed by atoms with Gasteiger partial charge in [0, 0.05) is 21.4 Å². The lowest BCUT2D eigenvalue weighted by Gasteiger charge is -2.20. The first-order chi connectivity index (χ1) is 12.8. The molecule has 2 aromatic carbocycles.